The van der Waals surface area contributed by atoms with Crippen LogP contribution in [0, 0.1) is 6.92 Å². The zero-order valence-electron chi connectivity index (χ0n) is 5.80. The summed E-state index contributed by atoms with van der Waals surface area (Å²) in [6, 6.07) is -0.546. The van der Waals surface area contributed by atoms with Gasteiger partial charge in [-0.05, 0) is 35.6 Å². The molecule has 0 saturated heterocycles. The predicted octanol–water partition coefficient (Wildman–Crippen LogP) is 0.528. The normalized spacial score (nSPS) is 13.7. The van der Waals surface area contributed by atoms with Crippen molar-refractivity contribution in [1.82, 2.24) is 0 Å². The fourth-order valence-electron chi connectivity index (χ4n) is 0.297. The molecule has 0 aromatic heterocycles. The number of nitrogens with two attached hydrogens (primary N) is 1. The Hall–Kier alpha value is -1.13. The number of rotatable bonds is 2. The summed E-state index contributed by atoms with van der Waals surface area (Å²) in [7, 11) is 0. The van der Waals surface area contributed by atoms with E-state index in [2.05, 4.69) is 11.9 Å². The van der Waals surface area contributed by atoms with Crippen LogP contribution in [-0.2, 0) is 4.79 Å². The summed E-state index contributed by atoms with van der Waals surface area (Å²) < 4.78 is -0.0996. The van der Waals surface area contributed by atoms with E-state index in [0.29, 0.717) is 5.84 Å². The van der Waals surface area contributed by atoms with E-state index >= 15 is 0 Å². The van der Waals surface area contributed by atoms with Crippen LogP contribution in [0.2, 0.25) is 0 Å². The van der Waals surface area contributed by atoms with Gasteiger partial charge < -0.3 is 12.7 Å². The van der Waals surface area contributed by atoms with Gasteiger partial charge in [-0.1, -0.05) is 0 Å². The Bertz CT molecular complexity index is 145. The maximum atomic E-state index is 10.4. The second kappa shape index (κ2) is 4.72. The van der Waals surface area contributed by atoms with Gasteiger partial charge in [0.05, 0.1) is 5.84 Å². The zero-order chi connectivity index (χ0) is 7.44. The minimum absolute atomic E-state index is 0. The number of amidine groups is 1. The van der Waals surface area contributed by atoms with E-state index in [0.717, 1.165) is 0 Å². The molecule has 0 heterocycles. The van der Waals surface area contributed by atoms with Crippen LogP contribution >= 0.6 is 22.6 Å². The second-order valence-corrected chi connectivity index (χ2v) is 2.65. The molecule has 0 aliphatic rings. The van der Waals surface area contributed by atoms with Crippen LogP contribution in [0.4, 0.5) is 0 Å². The third-order valence-electron chi connectivity index (χ3n) is 0.621. The number of halogens is 1. The van der Waals surface area contributed by atoms with Gasteiger partial charge in [0.15, 0.2) is 3.79 Å². The molecule has 0 aliphatic carbocycles. The number of hydrogen-bond acceptors (Lipinski definition) is 2. The Morgan fingerprint density at radius 2 is 2.20 bits per heavy atom. The van der Waals surface area contributed by atoms with Crippen molar-refractivity contribution in [2.75, 3.05) is 0 Å². The second-order valence-electron chi connectivity index (χ2n) is 1.59. The number of aliphatic imine (C=N–C) groups is 1. The first-order valence-electron chi connectivity index (χ1n) is 2.36. The molecule has 54 valence electrons. The van der Waals surface area contributed by atoms with E-state index in [-0.39, 0.29) is 3.79 Å². The van der Waals surface area contributed by atoms with Crippen LogP contribution in [-0.4, -0.2) is 15.7 Å². The van der Waals surface area contributed by atoms with Crippen LogP contribution in [0.15, 0.2) is 4.99 Å². The Labute approximate surface area is 67.9 Å². The Balaban J connectivity index is 0. The van der Waals surface area contributed by atoms with E-state index in [1.54, 1.807) is 29.5 Å². The van der Waals surface area contributed by atoms with Crippen molar-refractivity contribution in [3.05, 3.63) is 6.92 Å². The smallest absolute Gasteiger partial charge is 0.186 e. The molecule has 0 fully saturated rings. The summed E-state index contributed by atoms with van der Waals surface area (Å²) in [6.45, 7) is 5.08. The molecule has 0 rings (SSSR count). The van der Waals surface area contributed by atoms with Crippen molar-refractivity contribution in [3.63, 3.8) is 0 Å². The number of nitrogens with zero attached hydrogens (tertiary/aromatic N) is 1. The Morgan fingerprint density at radius 1 is 1.80 bits per heavy atom. The fraction of sp³-hybridized carbons (Fsp3) is 0.400. The standard InChI is InChI=1S/C5H8IN2O.Hs/c1-3(5(6)9)8-4(2)7;/h3H,1H2,2H3,(H2,7,8);/q-1;. The zero-order valence-corrected chi connectivity index (χ0v) is 14.5. The average Bonchev–Trinajstić information content (AvgIpc) is 1.63. The number of carbonyl (C=O) groups is 1. The predicted molar refractivity (Wildman–Crippen MR) is 45.5 cm³/mol. The van der Waals surface area contributed by atoms with Crippen molar-refractivity contribution in [3.8, 4) is 0 Å². The van der Waals surface area contributed by atoms with E-state index in [4.69, 9.17) is 5.73 Å². The van der Waals surface area contributed by atoms with Crippen molar-refractivity contribution in [1.29, 1.82) is 0 Å². The van der Waals surface area contributed by atoms with Gasteiger partial charge in [0.1, 0.15) is 0 Å². The average molecular weight is 508 g/mol. The third-order valence-corrected chi connectivity index (χ3v) is 1.34. The first-order chi connectivity index (χ1) is 4.04. The maximum Gasteiger partial charge on any atom is 0.186 e. The van der Waals surface area contributed by atoms with Gasteiger partial charge in [0.25, 0.3) is 0 Å². The van der Waals surface area contributed by atoms with Crippen molar-refractivity contribution < 1.29 is 4.79 Å². The summed E-state index contributed by atoms with van der Waals surface area (Å²) >= 11 is 1.64. The Kier molecular flexibility index (Phi) is 5.50. The van der Waals surface area contributed by atoms with E-state index < -0.39 is 6.04 Å². The molecule has 0 aromatic rings. The van der Waals surface area contributed by atoms with Crippen LogP contribution in [0.5, 0.6) is 0 Å². The van der Waals surface area contributed by atoms with Gasteiger partial charge in [-0.3, -0.25) is 9.79 Å². The Morgan fingerprint density at radius 3 is 2.30 bits per heavy atom. The van der Waals surface area contributed by atoms with Gasteiger partial charge in [0, 0.05) is 0 Å². The van der Waals surface area contributed by atoms with E-state index in [9.17, 15) is 4.79 Å². The number of carbonyl (C=O) groups excluding carboxylic acids is 1. The molecule has 1 unspecified atom stereocenters. The molecule has 2 N–H and O–H groups in total. The molecular weight excluding hydrogens is 500 g/mol. The molecular formula is C5H8HsIN2O-. The summed E-state index contributed by atoms with van der Waals surface area (Å²) in [5, 5.41) is 0. The third kappa shape index (κ3) is 5.02. The molecule has 0 aliphatic heterocycles. The molecule has 5 heteroatoms. The fourth-order valence-corrected chi connectivity index (χ4v) is 0.436. The van der Waals surface area contributed by atoms with E-state index in [1.165, 1.54) is 0 Å². The van der Waals surface area contributed by atoms with E-state index in [1.807, 2.05) is 0 Å². The van der Waals surface area contributed by atoms with Gasteiger partial charge in [-0.15, -0.1) is 0 Å². The topological polar surface area (TPSA) is 55.4 Å². The first-order valence-corrected chi connectivity index (χ1v) is 3.44. The first kappa shape index (κ1) is 11.6. The molecule has 3 nitrogen and oxygen atoms in total. The molecule has 0 bridgehead atoms. The van der Waals surface area contributed by atoms with Crippen LogP contribution < -0.4 is 5.73 Å². The SMILES string of the molecule is [CH2-]C(N=C(C)N)C(=O)I.[Hs]. The largest absolute Gasteiger partial charge is 0.388 e. The molecule has 0 radical (unpaired) electrons. The van der Waals surface area contributed by atoms with Gasteiger partial charge in [-0.2, -0.15) is 0 Å². The van der Waals surface area contributed by atoms with Crippen LogP contribution in [0.25, 0.3) is 0 Å². The minimum atomic E-state index is -0.546. The van der Waals surface area contributed by atoms with Crippen LogP contribution in [0.1, 0.15) is 6.92 Å². The number of hydrogen-bond donors (Lipinski definition) is 1. The van der Waals surface area contributed by atoms with Gasteiger partial charge in [0.2, 0.25) is 0 Å². The van der Waals surface area contributed by atoms with Crippen LogP contribution in [0.3, 0.4) is 0 Å². The maximum absolute atomic E-state index is 10.4. The monoisotopic (exact) mass is 508 g/mol. The summed E-state index contributed by atoms with van der Waals surface area (Å²) in [4.78, 5) is 14.1. The van der Waals surface area contributed by atoms with Crippen molar-refractivity contribution in [2.24, 2.45) is 10.7 Å². The van der Waals surface area contributed by atoms with Gasteiger partial charge in [-0.25, -0.2) is 0 Å². The van der Waals surface area contributed by atoms with Crippen molar-refractivity contribution in [2.45, 2.75) is 13.0 Å². The molecule has 0 aromatic carbocycles. The summed E-state index contributed by atoms with van der Waals surface area (Å²) in [6.07, 6.45) is 0. The van der Waals surface area contributed by atoms with Crippen molar-refractivity contribution >= 4 is 32.2 Å². The molecule has 10 heavy (non-hydrogen) atoms. The quantitative estimate of drug-likeness (QED) is 0.195. The minimum Gasteiger partial charge on any atom is -0.388 e. The summed E-state index contributed by atoms with van der Waals surface area (Å²) in [5.74, 6) is 0.389. The molecule has 0 saturated carbocycles. The molecule has 0 spiro atoms. The summed E-state index contributed by atoms with van der Waals surface area (Å²) in [5.41, 5.74) is 5.19. The molecule has 1 atom stereocenters. The van der Waals surface area contributed by atoms with Gasteiger partial charge >= 0.3 is 0 Å². The molecule has 0 amide bonds.